The summed E-state index contributed by atoms with van der Waals surface area (Å²) in [7, 11) is 0. The van der Waals surface area contributed by atoms with Crippen molar-refractivity contribution in [3.8, 4) is 0 Å². The van der Waals surface area contributed by atoms with Gasteiger partial charge in [0.15, 0.2) is 0 Å². The molecule has 0 spiro atoms. The molecular weight excluding hydrogens is 338 g/mol. The fourth-order valence-corrected chi connectivity index (χ4v) is 2.40. The van der Waals surface area contributed by atoms with Gasteiger partial charge in [0.25, 0.3) is 0 Å². The molecule has 0 saturated carbocycles. The Morgan fingerprint density at radius 3 is 2.75 bits per heavy atom. The SMILES string of the molecule is Cc1nnc(CNc2ccc(Br)cc2Br)o1. The number of anilines is 1. The third-order valence-electron chi connectivity index (χ3n) is 1.93. The molecule has 6 heteroatoms. The lowest BCUT2D eigenvalue weighted by molar-refractivity contribution is 0.475. The van der Waals surface area contributed by atoms with E-state index in [-0.39, 0.29) is 0 Å². The van der Waals surface area contributed by atoms with E-state index in [0.717, 1.165) is 14.6 Å². The van der Waals surface area contributed by atoms with Gasteiger partial charge >= 0.3 is 0 Å². The number of aryl methyl sites for hydroxylation is 1. The van der Waals surface area contributed by atoms with Gasteiger partial charge < -0.3 is 9.73 Å². The molecule has 2 rings (SSSR count). The standard InChI is InChI=1S/C10H9Br2N3O/c1-6-14-15-10(16-6)5-13-9-3-2-7(11)4-8(9)12/h2-4,13H,5H2,1H3. The van der Waals surface area contributed by atoms with E-state index in [1.807, 2.05) is 18.2 Å². The minimum Gasteiger partial charge on any atom is -0.424 e. The first kappa shape index (κ1) is 11.6. The van der Waals surface area contributed by atoms with Gasteiger partial charge in [-0.2, -0.15) is 0 Å². The molecule has 0 amide bonds. The Morgan fingerprint density at radius 1 is 1.31 bits per heavy atom. The molecule has 1 aromatic carbocycles. The van der Waals surface area contributed by atoms with Crippen LogP contribution < -0.4 is 5.32 Å². The number of aromatic nitrogens is 2. The Balaban J connectivity index is 2.04. The van der Waals surface area contributed by atoms with Crippen LogP contribution in [-0.4, -0.2) is 10.2 Å². The van der Waals surface area contributed by atoms with E-state index in [1.165, 1.54) is 0 Å². The van der Waals surface area contributed by atoms with Crippen LogP contribution in [0.2, 0.25) is 0 Å². The summed E-state index contributed by atoms with van der Waals surface area (Å²) in [5.41, 5.74) is 0.985. The lowest BCUT2D eigenvalue weighted by Crippen LogP contribution is -2.00. The molecule has 0 bridgehead atoms. The van der Waals surface area contributed by atoms with Gasteiger partial charge in [0.05, 0.1) is 6.54 Å². The van der Waals surface area contributed by atoms with Gasteiger partial charge in [-0.3, -0.25) is 0 Å². The van der Waals surface area contributed by atoms with Crippen LogP contribution in [0.3, 0.4) is 0 Å². The largest absolute Gasteiger partial charge is 0.424 e. The van der Waals surface area contributed by atoms with Crippen LogP contribution in [0.4, 0.5) is 5.69 Å². The van der Waals surface area contributed by atoms with Crippen molar-refractivity contribution >= 4 is 37.5 Å². The highest BCUT2D eigenvalue weighted by Crippen LogP contribution is 2.26. The molecule has 1 heterocycles. The van der Waals surface area contributed by atoms with E-state index in [9.17, 15) is 0 Å². The summed E-state index contributed by atoms with van der Waals surface area (Å²) in [6.45, 7) is 2.28. The Labute approximate surface area is 110 Å². The summed E-state index contributed by atoms with van der Waals surface area (Å²) in [4.78, 5) is 0. The molecule has 0 aliphatic heterocycles. The predicted octanol–water partition coefficient (Wildman–Crippen LogP) is 3.52. The van der Waals surface area contributed by atoms with Crippen LogP contribution in [0.1, 0.15) is 11.8 Å². The fourth-order valence-electron chi connectivity index (χ4n) is 1.21. The number of hydrogen-bond donors (Lipinski definition) is 1. The van der Waals surface area contributed by atoms with Gasteiger partial charge in [-0.1, -0.05) is 15.9 Å². The van der Waals surface area contributed by atoms with Crippen molar-refractivity contribution in [3.05, 3.63) is 38.9 Å². The second kappa shape index (κ2) is 4.97. The van der Waals surface area contributed by atoms with Crippen molar-refractivity contribution in [3.63, 3.8) is 0 Å². The number of halogens is 2. The summed E-state index contributed by atoms with van der Waals surface area (Å²) in [5.74, 6) is 1.15. The van der Waals surface area contributed by atoms with E-state index < -0.39 is 0 Å². The van der Waals surface area contributed by atoms with Crippen LogP contribution in [0.15, 0.2) is 31.6 Å². The molecule has 2 aromatic rings. The lowest BCUT2D eigenvalue weighted by Gasteiger charge is -2.06. The number of benzene rings is 1. The number of hydrogen-bond acceptors (Lipinski definition) is 4. The summed E-state index contributed by atoms with van der Waals surface area (Å²) < 4.78 is 7.27. The molecule has 0 aliphatic carbocycles. The molecule has 0 saturated heterocycles. The van der Waals surface area contributed by atoms with Crippen LogP contribution in [0.5, 0.6) is 0 Å². The molecule has 0 radical (unpaired) electrons. The third kappa shape index (κ3) is 2.82. The zero-order valence-electron chi connectivity index (χ0n) is 8.50. The average Bonchev–Trinajstić information content (AvgIpc) is 2.63. The van der Waals surface area contributed by atoms with Crippen molar-refractivity contribution in [1.82, 2.24) is 10.2 Å². The van der Waals surface area contributed by atoms with Crippen LogP contribution >= 0.6 is 31.9 Å². The number of rotatable bonds is 3. The fraction of sp³-hybridized carbons (Fsp3) is 0.200. The monoisotopic (exact) mass is 345 g/mol. The molecule has 1 N–H and O–H groups in total. The minimum atomic E-state index is 0.515. The van der Waals surface area contributed by atoms with E-state index in [4.69, 9.17) is 4.42 Å². The van der Waals surface area contributed by atoms with E-state index in [0.29, 0.717) is 18.3 Å². The molecule has 0 aliphatic rings. The zero-order chi connectivity index (χ0) is 11.5. The van der Waals surface area contributed by atoms with E-state index in [1.54, 1.807) is 6.92 Å². The maximum Gasteiger partial charge on any atom is 0.235 e. The predicted molar refractivity (Wildman–Crippen MR) is 68.2 cm³/mol. The quantitative estimate of drug-likeness (QED) is 0.923. The number of nitrogens with one attached hydrogen (secondary N) is 1. The minimum absolute atomic E-state index is 0.515. The van der Waals surface area contributed by atoms with Gasteiger partial charge in [-0.15, -0.1) is 10.2 Å². The van der Waals surface area contributed by atoms with Gasteiger partial charge in [0.1, 0.15) is 0 Å². The molecule has 84 valence electrons. The highest BCUT2D eigenvalue weighted by atomic mass is 79.9. The van der Waals surface area contributed by atoms with Crippen molar-refractivity contribution in [2.75, 3.05) is 5.32 Å². The maximum atomic E-state index is 5.26. The maximum absolute atomic E-state index is 5.26. The Bertz CT molecular complexity index is 499. The summed E-state index contributed by atoms with van der Waals surface area (Å²) in [5, 5.41) is 10.9. The Hall–Kier alpha value is -0.880. The molecule has 16 heavy (non-hydrogen) atoms. The van der Waals surface area contributed by atoms with E-state index >= 15 is 0 Å². The molecule has 0 unspecified atom stereocenters. The summed E-state index contributed by atoms with van der Waals surface area (Å²) in [6.07, 6.45) is 0. The van der Waals surface area contributed by atoms with Crippen molar-refractivity contribution in [1.29, 1.82) is 0 Å². The van der Waals surface area contributed by atoms with Crippen LogP contribution in [0, 0.1) is 6.92 Å². The van der Waals surface area contributed by atoms with Crippen molar-refractivity contribution < 1.29 is 4.42 Å². The highest BCUT2D eigenvalue weighted by molar-refractivity contribution is 9.11. The second-order valence-corrected chi connectivity index (χ2v) is 4.96. The van der Waals surface area contributed by atoms with Gasteiger partial charge in [-0.05, 0) is 34.1 Å². The molecule has 0 fully saturated rings. The lowest BCUT2D eigenvalue weighted by atomic mass is 10.3. The van der Waals surface area contributed by atoms with Crippen LogP contribution in [0.25, 0.3) is 0 Å². The smallest absolute Gasteiger partial charge is 0.235 e. The average molecular weight is 347 g/mol. The topological polar surface area (TPSA) is 51.0 Å². The normalized spacial score (nSPS) is 10.4. The van der Waals surface area contributed by atoms with Crippen LogP contribution in [-0.2, 0) is 6.54 Å². The van der Waals surface area contributed by atoms with Crippen molar-refractivity contribution in [2.24, 2.45) is 0 Å². The highest BCUT2D eigenvalue weighted by Gasteiger charge is 2.04. The van der Waals surface area contributed by atoms with E-state index in [2.05, 4.69) is 47.4 Å². The Morgan fingerprint density at radius 2 is 2.12 bits per heavy atom. The Kier molecular flexibility index (Phi) is 3.60. The third-order valence-corrected chi connectivity index (χ3v) is 3.08. The number of nitrogens with zero attached hydrogens (tertiary/aromatic N) is 2. The first-order valence-corrected chi connectivity index (χ1v) is 6.21. The van der Waals surface area contributed by atoms with Gasteiger partial charge in [-0.25, -0.2) is 0 Å². The molecule has 0 atom stereocenters. The van der Waals surface area contributed by atoms with Crippen molar-refractivity contribution in [2.45, 2.75) is 13.5 Å². The molecule has 4 nitrogen and oxygen atoms in total. The molecular formula is C10H9Br2N3O. The first-order chi connectivity index (χ1) is 7.65. The first-order valence-electron chi connectivity index (χ1n) is 4.63. The summed E-state index contributed by atoms with van der Waals surface area (Å²) in [6, 6.07) is 5.91. The zero-order valence-corrected chi connectivity index (χ0v) is 11.7. The van der Waals surface area contributed by atoms with Gasteiger partial charge in [0, 0.05) is 21.6 Å². The second-order valence-electron chi connectivity index (χ2n) is 3.19. The summed E-state index contributed by atoms with van der Waals surface area (Å²) >= 11 is 6.86. The van der Waals surface area contributed by atoms with Gasteiger partial charge in [0.2, 0.25) is 11.8 Å². The molecule has 1 aromatic heterocycles.